The van der Waals surface area contributed by atoms with E-state index in [0.717, 1.165) is 76.1 Å². The fourth-order valence-corrected chi connectivity index (χ4v) is 5.74. The molecule has 8 heteroatoms. The number of benzene rings is 2. The predicted octanol–water partition coefficient (Wildman–Crippen LogP) is 5.42. The molecule has 1 fully saturated rings. The van der Waals surface area contributed by atoms with Crippen LogP contribution in [0.2, 0.25) is 0 Å². The summed E-state index contributed by atoms with van der Waals surface area (Å²) in [6.45, 7) is 4.86. The maximum Gasteiger partial charge on any atom is 0.231 e. The molecule has 0 amide bonds. The average molecular weight is 489 g/mol. The lowest BCUT2D eigenvalue weighted by Crippen LogP contribution is -2.35. The number of fused-ring (bicyclic) bond motifs is 2. The van der Waals surface area contributed by atoms with Gasteiger partial charge in [-0.15, -0.1) is 11.3 Å². The number of para-hydroxylation sites is 1. The summed E-state index contributed by atoms with van der Waals surface area (Å²) < 4.78 is 11.0. The zero-order valence-corrected chi connectivity index (χ0v) is 20.4. The number of nitrogens with one attached hydrogen (secondary N) is 1. The van der Waals surface area contributed by atoms with Crippen molar-refractivity contribution in [3.8, 4) is 11.5 Å². The van der Waals surface area contributed by atoms with Gasteiger partial charge in [-0.25, -0.2) is 9.97 Å². The van der Waals surface area contributed by atoms with Gasteiger partial charge >= 0.3 is 0 Å². The molecule has 2 aliphatic rings. The summed E-state index contributed by atoms with van der Waals surface area (Å²) in [4.78, 5) is 13.3. The molecule has 1 saturated heterocycles. The number of aromatic nitrogens is 2. The van der Waals surface area contributed by atoms with Crippen LogP contribution in [0.3, 0.4) is 0 Å². The first-order valence-corrected chi connectivity index (χ1v) is 12.9. The Balaban J connectivity index is 1.21. The van der Waals surface area contributed by atoms with Gasteiger partial charge in [0.05, 0.1) is 18.2 Å². The van der Waals surface area contributed by atoms with Gasteiger partial charge in [0.1, 0.15) is 11.6 Å². The summed E-state index contributed by atoms with van der Waals surface area (Å²) in [5.41, 5.74) is 2.98. The first-order chi connectivity index (χ1) is 17.1. The molecule has 2 aliphatic heterocycles. The van der Waals surface area contributed by atoms with E-state index in [1.165, 1.54) is 0 Å². The number of hydrogen-bond acceptors (Lipinski definition) is 8. The number of nitrogens with zero attached hydrogens (tertiary/aromatic N) is 3. The highest BCUT2D eigenvalue weighted by atomic mass is 32.1. The van der Waals surface area contributed by atoms with Gasteiger partial charge in [-0.2, -0.15) is 0 Å². The Labute approximate surface area is 208 Å². The molecule has 2 N–H and O–H groups in total. The number of thiophene rings is 1. The average Bonchev–Trinajstić information content (AvgIpc) is 3.57. The number of rotatable bonds is 6. The van der Waals surface area contributed by atoms with Gasteiger partial charge in [0.2, 0.25) is 6.79 Å². The van der Waals surface area contributed by atoms with Crippen LogP contribution in [-0.2, 0) is 6.54 Å². The highest BCUT2D eigenvalue weighted by Gasteiger charge is 2.27. The van der Waals surface area contributed by atoms with E-state index in [0.29, 0.717) is 12.5 Å². The Morgan fingerprint density at radius 1 is 1.09 bits per heavy atom. The predicted molar refractivity (Wildman–Crippen MR) is 137 cm³/mol. The molecule has 0 bridgehead atoms. The van der Waals surface area contributed by atoms with Crippen molar-refractivity contribution < 1.29 is 14.6 Å². The molecule has 0 aliphatic carbocycles. The van der Waals surface area contributed by atoms with E-state index in [1.54, 1.807) is 11.3 Å². The van der Waals surface area contributed by atoms with Crippen molar-refractivity contribution in [1.29, 1.82) is 0 Å². The van der Waals surface area contributed by atoms with E-state index in [9.17, 15) is 5.11 Å². The SMILES string of the molecule is Cc1cccc2c(Nc3ccc4c(c3)OCO4)nc(CN3CCC([C@@H](O)c4cccs4)CC3)nc12. The first kappa shape index (κ1) is 22.3. The van der Waals surface area contributed by atoms with Crippen LogP contribution in [0.25, 0.3) is 10.9 Å². The molecule has 0 radical (unpaired) electrons. The van der Waals surface area contributed by atoms with Crippen LogP contribution in [0.5, 0.6) is 11.5 Å². The van der Waals surface area contributed by atoms with Gasteiger partial charge in [0.15, 0.2) is 11.5 Å². The number of aliphatic hydroxyl groups is 1. The highest BCUT2D eigenvalue weighted by molar-refractivity contribution is 7.10. The van der Waals surface area contributed by atoms with Gasteiger partial charge in [0.25, 0.3) is 0 Å². The van der Waals surface area contributed by atoms with E-state index >= 15 is 0 Å². The Kier molecular flexibility index (Phi) is 6.01. The van der Waals surface area contributed by atoms with Gasteiger partial charge in [-0.3, -0.25) is 4.90 Å². The topological polar surface area (TPSA) is 79.7 Å². The molecule has 0 saturated carbocycles. The lowest BCUT2D eigenvalue weighted by molar-refractivity contribution is 0.0584. The Morgan fingerprint density at radius 2 is 1.94 bits per heavy atom. The normalized spacial score (nSPS) is 17.1. The fraction of sp³-hybridized carbons (Fsp3) is 0.333. The van der Waals surface area contributed by atoms with Crippen molar-refractivity contribution in [3.63, 3.8) is 0 Å². The van der Waals surface area contributed by atoms with Crippen molar-refractivity contribution in [2.45, 2.75) is 32.4 Å². The molecular weight excluding hydrogens is 460 g/mol. The van der Waals surface area contributed by atoms with Crippen LogP contribution < -0.4 is 14.8 Å². The minimum atomic E-state index is -0.366. The van der Waals surface area contributed by atoms with Crippen LogP contribution in [0.1, 0.15) is 35.2 Å². The van der Waals surface area contributed by atoms with E-state index < -0.39 is 0 Å². The Bertz CT molecular complexity index is 1340. The smallest absolute Gasteiger partial charge is 0.231 e. The lowest BCUT2D eigenvalue weighted by atomic mass is 9.90. The van der Waals surface area contributed by atoms with Crippen molar-refractivity contribution in [2.24, 2.45) is 5.92 Å². The molecule has 0 unspecified atom stereocenters. The van der Waals surface area contributed by atoms with E-state index in [4.69, 9.17) is 19.4 Å². The van der Waals surface area contributed by atoms with E-state index in [-0.39, 0.29) is 12.9 Å². The molecule has 35 heavy (non-hydrogen) atoms. The second kappa shape index (κ2) is 9.45. The molecule has 4 heterocycles. The third-order valence-electron chi connectivity index (χ3n) is 6.89. The number of aryl methyl sites for hydroxylation is 1. The maximum absolute atomic E-state index is 10.7. The summed E-state index contributed by atoms with van der Waals surface area (Å²) >= 11 is 1.63. The highest BCUT2D eigenvalue weighted by Crippen LogP contribution is 2.36. The summed E-state index contributed by atoms with van der Waals surface area (Å²) in [7, 11) is 0. The largest absolute Gasteiger partial charge is 0.454 e. The molecule has 4 aromatic rings. The van der Waals surface area contributed by atoms with Gasteiger partial charge in [-0.1, -0.05) is 18.2 Å². The van der Waals surface area contributed by atoms with E-state index in [2.05, 4.69) is 29.3 Å². The zero-order chi connectivity index (χ0) is 23.8. The molecular formula is C27H28N4O3S. The second-order valence-electron chi connectivity index (χ2n) is 9.23. The minimum Gasteiger partial charge on any atom is -0.454 e. The van der Waals surface area contributed by atoms with Crippen LogP contribution in [0, 0.1) is 12.8 Å². The van der Waals surface area contributed by atoms with Crippen molar-refractivity contribution in [1.82, 2.24) is 14.9 Å². The van der Waals surface area contributed by atoms with Crippen molar-refractivity contribution in [3.05, 3.63) is 70.2 Å². The van der Waals surface area contributed by atoms with Crippen LogP contribution in [-0.4, -0.2) is 39.9 Å². The minimum absolute atomic E-state index is 0.250. The van der Waals surface area contributed by atoms with E-state index in [1.807, 2.05) is 41.8 Å². The molecule has 2 aromatic heterocycles. The quantitative estimate of drug-likeness (QED) is 0.375. The van der Waals surface area contributed by atoms with Crippen LogP contribution in [0.4, 0.5) is 11.5 Å². The van der Waals surface area contributed by atoms with Crippen LogP contribution >= 0.6 is 11.3 Å². The Morgan fingerprint density at radius 3 is 2.77 bits per heavy atom. The standard InChI is InChI=1S/C27H28N4O3S/c1-17-4-2-5-20-25(17)29-24(30-27(20)28-19-7-8-21-22(14-19)34-16-33-21)15-31-11-9-18(10-12-31)26(32)23-6-3-13-35-23/h2-8,13-14,18,26,32H,9-12,15-16H2,1H3,(H,28,29,30)/t26-/m1/s1. The van der Waals surface area contributed by atoms with Gasteiger partial charge in [0, 0.05) is 22.0 Å². The number of hydrogen-bond donors (Lipinski definition) is 2. The summed E-state index contributed by atoms with van der Waals surface area (Å²) in [5.74, 6) is 3.38. The summed E-state index contributed by atoms with van der Waals surface area (Å²) in [6.07, 6.45) is 1.57. The summed E-state index contributed by atoms with van der Waals surface area (Å²) in [6, 6.07) is 16.0. The lowest BCUT2D eigenvalue weighted by Gasteiger charge is -2.33. The van der Waals surface area contributed by atoms with Crippen molar-refractivity contribution in [2.75, 3.05) is 25.2 Å². The van der Waals surface area contributed by atoms with Gasteiger partial charge < -0.3 is 19.9 Å². The molecule has 0 spiro atoms. The maximum atomic E-state index is 10.7. The Hall–Kier alpha value is -3.20. The monoisotopic (exact) mass is 488 g/mol. The molecule has 6 rings (SSSR count). The number of likely N-dealkylation sites (tertiary alicyclic amines) is 1. The molecule has 180 valence electrons. The number of ether oxygens (including phenoxy) is 2. The fourth-order valence-electron chi connectivity index (χ4n) is 4.94. The number of aliphatic hydroxyl groups excluding tert-OH is 1. The number of anilines is 2. The molecule has 2 aromatic carbocycles. The third kappa shape index (κ3) is 4.57. The van der Waals surface area contributed by atoms with Crippen molar-refractivity contribution >= 4 is 33.7 Å². The van der Waals surface area contributed by atoms with Gasteiger partial charge in [-0.05, 0) is 74.0 Å². The first-order valence-electron chi connectivity index (χ1n) is 12.0. The number of piperidine rings is 1. The third-order valence-corrected chi connectivity index (χ3v) is 7.83. The molecule has 1 atom stereocenters. The zero-order valence-electron chi connectivity index (χ0n) is 19.6. The summed E-state index contributed by atoms with van der Waals surface area (Å²) in [5, 5.41) is 17.2. The second-order valence-corrected chi connectivity index (χ2v) is 10.2. The van der Waals surface area contributed by atoms with Crippen LogP contribution in [0.15, 0.2) is 53.9 Å². The molecule has 7 nitrogen and oxygen atoms in total.